The average Bonchev–Trinajstić information content (AvgIpc) is 2.86. The number of hydrogen-bond acceptors (Lipinski definition) is 4. The van der Waals surface area contributed by atoms with Crippen molar-refractivity contribution in [2.45, 2.75) is 32.6 Å². The molecule has 1 atom stereocenters. The SMILES string of the molecule is COC(=O)C(C)CN(C)C(=O)C1(CN)CCCC1.Cl. The van der Waals surface area contributed by atoms with E-state index in [2.05, 4.69) is 4.74 Å². The zero-order chi connectivity index (χ0) is 13.8. The standard InChI is InChI=1S/C13H24N2O3.ClH/c1-10(11(16)18-3)8-15(2)12(17)13(9-14)6-4-5-7-13;/h10H,4-9,14H2,1-3H3;1H. The fourth-order valence-corrected chi connectivity index (χ4v) is 2.73. The van der Waals surface area contributed by atoms with Crippen LogP contribution in [0.15, 0.2) is 0 Å². The van der Waals surface area contributed by atoms with Crippen LogP contribution in [0.25, 0.3) is 0 Å². The molecule has 0 aromatic heterocycles. The largest absolute Gasteiger partial charge is 0.469 e. The first kappa shape index (κ1) is 18.2. The Hall–Kier alpha value is -0.810. The normalized spacial score (nSPS) is 18.3. The Morgan fingerprint density at radius 2 is 1.89 bits per heavy atom. The second kappa shape index (κ2) is 7.70. The lowest BCUT2D eigenvalue weighted by Crippen LogP contribution is -2.46. The summed E-state index contributed by atoms with van der Waals surface area (Å²) >= 11 is 0. The van der Waals surface area contributed by atoms with Gasteiger partial charge in [0.25, 0.3) is 0 Å². The maximum Gasteiger partial charge on any atom is 0.310 e. The Morgan fingerprint density at radius 3 is 2.32 bits per heavy atom. The second-order valence-corrected chi connectivity index (χ2v) is 5.30. The van der Waals surface area contributed by atoms with Gasteiger partial charge >= 0.3 is 5.97 Å². The highest BCUT2D eigenvalue weighted by molar-refractivity contribution is 5.85. The fraction of sp³-hybridized carbons (Fsp3) is 0.846. The van der Waals surface area contributed by atoms with Crippen molar-refractivity contribution in [1.82, 2.24) is 4.90 Å². The third kappa shape index (κ3) is 4.08. The molecular formula is C13H25ClN2O3. The predicted octanol–water partition coefficient (Wildman–Crippen LogP) is 1.19. The number of halogens is 1. The summed E-state index contributed by atoms with van der Waals surface area (Å²) in [6, 6.07) is 0. The molecule has 1 aliphatic rings. The molecular weight excluding hydrogens is 268 g/mol. The number of methoxy groups -OCH3 is 1. The van der Waals surface area contributed by atoms with Gasteiger partial charge in [0, 0.05) is 20.1 Å². The van der Waals surface area contributed by atoms with E-state index in [0.717, 1.165) is 25.7 Å². The van der Waals surface area contributed by atoms with Gasteiger partial charge in [0.1, 0.15) is 0 Å². The second-order valence-electron chi connectivity index (χ2n) is 5.30. The van der Waals surface area contributed by atoms with Crippen LogP contribution in [0.3, 0.4) is 0 Å². The van der Waals surface area contributed by atoms with Crippen molar-refractivity contribution < 1.29 is 14.3 Å². The molecule has 0 aromatic carbocycles. The monoisotopic (exact) mass is 292 g/mol. The number of amides is 1. The number of esters is 1. The van der Waals surface area contributed by atoms with Crippen LogP contribution in [-0.4, -0.2) is 44.0 Å². The van der Waals surface area contributed by atoms with E-state index in [1.165, 1.54) is 7.11 Å². The Kier molecular flexibility index (Phi) is 7.37. The Balaban J connectivity index is 0.00000324. The molecule has 5 nitrogen and oxygen atoms in total. The van der Waals surface area contributed by atoms with Crippen LogP contribution in [0.2, 0.25) is 0 Å². The third-order valence-electron chi connectivity index (χ3n) is 3.90. The van der Waals surface area contributed by atoms with Gasteiger partial charge in [-0.3, -0.25) is 9.59 Å². The molecule has 0 bridgehead atoms. The van der Waals surface area contributed by atoms with Crippen LogP contribution in [0.1, 0.15) is 32.6 Å². The Morgan fingerprint density at radius 1 is 1.37 bits per heavy atom. The van der Waals surface area contributed by atoms with E-state index < -0.39 is 5.41 Å². The van der Waals surface area contributed by atoms with Crippen LogP contribution in [0.5, 0.6) is 0 Å². The first-order valence-corrected chi connectivity index (χ1v) is 6.50. The lowest BCUT2D eigenvalue weighted by atomic mass is 9.84. The van der Waals surface area contributed by atoms with E-state index >= 15 is 0 Å². The Labute approximate surface area is 121 Å². The van der Waals surface area contributed by atoms with Gasteiger partial charge in [-0.05, 0) is 12.8 Å². The van der Waals surface area contributed by atoms with Crippen LogP contribution < -0.4 is 5.73 Å². The van der Waals surface area contributed by atoms with Crippen molar-refractivity contribution in [3.63, 3.8) is 0 Å². The van der Waals surface area contributed by atoms with Gasteiger partial charge in [-0.1, -0.05) is 19.8 Å². The number of carbonyl (C=O) groups excluding carboxylic acids is 2. The molecule has 0 aliphatic heterocycles. The summed E-state index contributed by atoms with van der Waals surface area (Å²) in [5.74, 6) is -0.527. The quantitative estimate of drug-likeness (QED) is 0.773. The molecule has 1 saturated carbocycles. The summed E-state index contributed by atoms with van der Waals surface area (Å²) in [7, 11) is 3.09. The van der Waals surface area contributed by atoms with Gasteiger partial charge in [0.05, 0.1) is 18.4 Å². The van der Waals surface area contributed by atoms with E-state index in [4.69, 9.17) is 5.73 Å². The summed E-state index contributed by atoms with van der Waals surface area (Å²) in [6.45, 7) is 2.54. The smallest absolute Gasteiger partial charge is 0.310 e. The van der Waals surface area contributed by atoms with E-state index in [1.807, 2.05) is 0 Å². The van der Waals surface area contributed by atoms with Gasteiger partial charge in [0.2, 0.25) is 5.91 Å². The summed E-state index contributed by atoms with van der Waals surface area (Å²) in [4.78, 5) is 25.4. The van der Waals surface area contributed by atoms with E-state index in [1.54, 1.807) is 18.9 Å². The van der Waals surface area contributed by atoms with Crippen molar-refractivity contribution >= 4 is 24.3 Å². The molecule has 19 heavy (non-hydrogen) atoms. The minimum Gasteiger partial charge on any atom is -0.469 e. The van der Waals surface area contributed by atoms with Gasteiger partial charge in [-0.25, -0.2) is 0 Å². The van der Waals surface area contributed by atoms with Crippen molar-refractivity contribution in [3.05, 3.63) is 0 Å². The van der Waals surface area contributed by atoms with Crippen molar-refractivity contribution in [2.75, 3.05) is 27.2 Å². The first-order valence-electron chi connectivity index (χ1n) is 6.50. The topological polar surface area (TPSA) is 72.6 Å². The highest BCUT2D eigenvalue weighted by Gasteiger charge is 2.41. The molecule has 112 valence electrons. The summed E-state index contributed by atoms with van der Waals surface area (Å²) in [6.07, 6.45) is 3.84. The van der Waals surface area contributed by atoms with Crippen LogP contribution >= 0.6 is 12.4 Å². The van der Waals surface area contributed by atoms with Gasteiger partial charge < -0.3 is 15.4 Å². The maximum absolute atomic E-state index is 12.4. The summed E-state index contributed by atoms with van der Waals surface area (Å²) in [5.41, 5.74) is 5.39. The fourth-order valence-electron chi connectivity index (χ4n) is 2.73. The van der Waals surface area contributed by atoms with Crippen LogP contribution in [0, 0.1) is 11.3 Å². The minimum absolute atomic E-state index is 0. The highest BCUT2D eigenvalue weighted by Crippen LogP contribution is 2.38. The molecule has 6 heteroatoms. The van der Waals surface area contributed by atoms with Crippen molar-refractivity contribution in [3.8, 4) is 0 Å². The maximum atomic E-state index is 12.4. The molecule has 1 amide bonds. The van der Waals surface area contributed by atoms with Gasteiger partial charge in [0.15, 0.2) is 0 Å². The minimum atomic E-state index is -0.398. The van der Waals surface area contributed by atoms with Crippen molar-refractivity contribution in [2.24, 2.45) is 17.1 Å². The number of nitrogens with two attached hydrogens (primary N) is 1. The number of rotatable bonds is 5. The van der Waals surface area contributed by atoms with Gasteiger partial charge in [-0.2, -0.15) is 0 Å². The summed E-state index contributed by atoms with van der Waals surface area (Å²) in [5, 5.41) is 0. The van der Waals surface area contributed by atoms with Crippen molar-refractivity contribution in [1.29, 1.82) is 0 Å². The van der Waals surface area contributed by atoms with E-state index in [9.17, 15) is 9.59 Å². The molecule has 0 heterocycles. The number of ether oxygens (including phenoxy) is 1. The molecule has 1 rings (SSSR count). The third-order valence-corrected chi connectivity index (χ3v) is 3.90. The van der Waals surface area contributed by atoms with Gasteiger partial charge in [-0.15, -0.1) is 12.4 Å². The van der Waals surface area contributed by atoms with E-state index in [0.29, 0.717) is 13.1 Å². The molecule has 2 N–H and O–H groups in total. The number of carbonyl (C=O) groups is 2. The molecule has 0 aromatic rings. The highest BCUT2D eigenvalue weighted by atomic mass is 35.5. The van der Waals surface area contributed by atoms with E-state index in [-0.39, 0.29) is 30.2 Å². The molecule has 0 spiro atoms. The average molecular weight is 293 g/mol. The summed E-state index contributed by atoms with van der Waals surface area (Å²) < 4.78 is 4.67. The molecule has 1 unspecified atom stereocenters. The lowest BCUT2D eigenvalue weighted by Gasteiger charge is -2.32. The zero-order valence-corrected chi connectivity index (χ0v) is 12.8. The molecule has 0 saturated heterocycles. The molecule has 1 aliphatic carbocycles. The zero-order valence-electron chi connectivity index (χ0n) is 12.0. The lowest BCUT2D eigenvalue weighted by molar-refractivity contribution is -0.147. The molecule has 1 fully saturated rings. The number of hydrogen-bond donors (Lipinski definition) is 1. The van der Waals surface area contributed by atoms with Crippen LogP contribution in [0.4, 0.5) is 0 Å². The predicted molar refractivity (Wildman–Crippen MR) is 76.0 cm³/mol. The first-order chi connectivity index (χ1) is 8.46. The molecule has 0 radical (unpaired) electrons. The number of nitrogens with zero attached hydrogens (tertiary/aromatic N) is 1. The Bertz CT molecular complexity index is 317. The van der Waals surface area contributed by atoms with Crippen LogP contribution in [-0.2, 0) is 14.3 Å².